The van der Waals surface area contributed by atoms with Crippen LogP contribution in [0.4, 0.5) is 17.3 Å². The molecule has 0 atom stereocenters. The van der Waals surface area contributed by atoms with E-state index in [0.717, 1.165) is 6.61 Å². The van der Waals surface area contributed by atoms with E-state index in [4.69, 9.17) is 10.6 Å². The van der Waals surface area contributed by atoms with Crippen molar-refractivity contribution in [2.75, 3.05) is 30.5 Å². The monoisotopic (exact) mass is 267 g/mol. The average Bonchev–Trinajstić information content (AvgIpc) is 3.22. The Bertz CT molecular complexity index is 450. The van der Waals surface area contributed by atoms with Gasteiger partial charge in [0.15, 0.2) is 0 Å². The van der Waals surface area contributed by atoms with Gasteiger partial charge in [-0.25, -0.2) is 10.8 Å². The molecule has 8 heteroatoms. The van der Waals surface area contributed by atoms with Crippen LogP contribution < -0.4 is 16.6 Å². The Morgan fingerprint density at radius 3 is 2.95 bits per heavy atom. The minimum Gasteiger partial charge on any atom is -0.379 e. The molecule has 0 saturated heterocycles. The number of nitrogen functional groups attached to an aromatic ring is 1. The first-order valence-corrected chi connectivity index (χ1v) is 6.14. The molecule has 0 spiro atoms. The summed E-state index contributed by atoms with van der Waals surface area (Å²) in [5.74, 6) is 6.49. The molecule has 1 aliphatic rings. The molecular formula is C11H17N5O3. The molecule has 1 saturated carbocycles. The van der Waals surface area contributed by atoms with Crippen molar-refractivity contribution in [2.24, 2.45) is 11.8 Å². The van der Waals surface area contributed by atoms with Crippen molar-refractivity contribution in [3.63, 3.8) is 0 Å². The lowest BCUT2D eigenvalue weighted by molar-refractivity contribution is -0.384. The van der Waals surface area contributed by atoms with Gasteiger partial charge in [0.2, 0.25) is 5.82 Å². The highest BCUT2D eigenvalue weighted by molar-refractivity contribution is 5.59. The van der Waals surface area contributed by atoms with Gasteiger partial charge in [-0.1, -0.05) is 0 Å². The number of nitrogens with two attached hydrogens (primary N) is 1. The number of rotatable bonds is 8. The normalized spacial score (nSPS) is 14.2. The zero-order valence-electron chi connectivity index (χ0n) is 10.5. The van der Waals surface area contributed by atoms with Gasteiger partial charge < -0.3 is 15.5 Å². The number of nitrogens with one attached hydrogen (secondary N) is 2. The Labute approximate surface area is 110 Å². The third kappa shape index (κ3) is 4.04. The number of nitrogens with zero attached hydrogens (tertiary/aromatic N) is 2. The van der Waals surface area contributed by atoms with E-state index >= 15 is 0 Å². The van der Waals surface area contributed by atoms with Crippen LogP contribution in [0.15, 0.2) is 12.1 Å². The molecular weight excluding hydrogens is 250 g/mol. The first-order valence-electron chi connectivity index (χ1n) is 6.14. The quantitative estimate of drug-likeness (QED) is 0.279. The van der Waals surface area contributed by atoms with E-state index in [1.807, 2.05) is 0 Å². The van der Waals surface area contributed by atoms with Gasteiger partial charge in [0.05, 0.1) is 11.5 Å². The number of nitro groups is 1. The van der Waals surface area contributed by atoms with Crippen molar-refractivity contribution in [1.29, 1.82) is 0 Å². The lowest BCUT2D eigenvalue weighted by atomic mass is 10.3. The van der Waals surface area contributed by atoms with E-state index in [1.54, 1.807) is 0 Å². The maximum atomic E-state index is 10.9. The molecule has 1 aromatic heterocycles. The largest absolute Gasteiger partial charge is 0.379 e. The van der Waals surface area contributed by atoms with Crippen LogP contribution in [0.2, 0.25) is 0 Å². The molecule has 0 amide bonds. The van der Waals surface area contributed by atoms with Crippen molar-refractivity contribution >= 4 is 17.3 Å². The van der Waals surface area contributed by atoms with Gasteiger partial charge in [-0.15, -0.1) is 0 Å². The molecule has 0 unspecified atom stereocenters. The third-order valence-electron chi connectivity index (χ3n) is 2.81. The summed E-state index contributed by atoms with van der Waals surface area (Å²) >= 11 is 0. The molecule has 2 rings (SSSR count). The van der Waals surface area contributed by atoms with Gasteiger partial charge in [-0.05, 0) is 24.8 Å². The van der Waals surface area contributed by atoms with Crippen molar-refractivity contribution in [1.82, 2.24) is 4.98 Å². The van der Waals surface area contributed by atoms with E-state index in [2.05, 4.69) is 15.7 Å². The summed E-state index contributed by atoms with van der Waals surface area (Å²) in [4.78, 5) is 14.4. The van der Waals surface area contributed by atoms with Gasteiger partial charge in [-0.2, -0.15) is 0 Å². The van der Waals surface area contributed by atoms with E-state index in [1.165, 1.54) is 25.0 Å². The standard InChI is InChI=1S/C11H17N5O3/c12-15-10-4-3-9(16(17)18)11(14-10)13-5-6-19-7-8-1-2-8/h3-4,8H,1-2,5-7,12H2,(H2,13,14,15). The second-order valence-electron chi connectivity index (χ2n) is 4.41. The van der Waals surface area contributed by atoms with Crippen LogP contribution in [0.5, 0.6) is 0 Å². The molecule has 1 aromatic rings. The minimum atomic E-state index is -0.485. The number of hydrogen-bond acceptors (Lipinski definition) is 7. The number of hydrazine groups is 1. The molecule has 1 heterocycles. The molecule has 19 heavy (non-hydrogen) atoms. The van der Waals surface area contributed by atoms with E-state index in [-0.39, 0.29) is 11.5 Å². The molecule has 1 aliphatic carbocycles. The molecule has 0 radical (unpaired) electrons. The summed E-state index contributed by atoms with van der Waals surface area (Å²) < 4.78 is 5.44. The van der Waals surface area contributed by atoms with Crippen LogP contribution in [0.25, 0.3) is 0 Å². The summed E-state index contributed by atoms with van der Waals surface area (Å²) in [5.41, 5.74) is 2.27. The van der Waals surface area contributed by atoms with Crippen LogP contribution in [0.1, 0.15) is 12.8 Å². The molecule has 0 aromatic carbocycles. The molecule has 0 aliphatic heterocycles. The summed E-state index contributed by atoms with van der Waals surface area (Å²) in [6, 6.07) is 2.81. The van der Waals surface area contributed by atoms with Crippen molar-refractivity contribution < 1.29 is 9.66 Å². The summed E-state index contributed by atoms with van der Waals surface area (Å²) in [7, 11) is 0. The van der Waals surface area contributed by atoms with Gasteiger partial charge >= 0.3 is 5.69 Å². The molecule has 8 nitrogen and oxygen atoms in total. The Hall–Kier alpha value is -1.93. The van der Waals surface area contributed by atoms with Crippen LogP contribution >= 0.6 is 0 Å². The topological polar surface area (TPSA) is 115 Å². The summed E-state index contributed by atoms with van der Waals surface area (Å²) in [5, 5.41) is 13.7. The van der Waals surface area contributed by atoms with Gasteiger partial charge in [-0.3, -0.25) is 10.1 Å². The average molecular weight is 267 g/mol. The van der Waals surface area contributed by atoms with Crippen molar-refractivity contribution in [3.05, 3.63) is 22.2 Å². The Morgan fingerprint density at radius 1 is 1.53 bits per heavy atom. The first kappa shape index (κ1) is 13.5. The minimum absolute atomic E-state index is 0.0822. The number of ether oxygens (including phenoxy) is 1. The first-order chi connectivity index (χ1) is 9.20. The zero-order valence-corrected chi connectivity index (χ0v) is 10.5. The Balaban J connectivity index is 1.86. The molecule has 4 N–H and O–H groups in total. The number of anilines is 2. The second kappa shape index (κ2) is 6.30. The number of hydrogen-bond donors (Lipinski definition) is 3. The van der Waals surface area contributed by atoms with Crippen molar-refractivity contribution in [3.8, 4) is 0 Å². The van der Waals surface area contributed by atoms with E-state index in [0.29, 0.717) is 24.9 Å². The lowest BCUT2D eigenvalue weighted by Crippen LogP contribution is -2.14. The highest BCUT2D eigenvalue weighted by Crippen LogP contribution is 2.28. The Kier molecular flexibility index (Phi) is 4.48. The van der Waals surface area contributed by atoms with Crippen LogP contribution in [0.3, 0.4) is 0 Å². The van der Waals surface area contributed by atoms with Crippen molar-refractivity contribution in [2.45, 2.75) is 12.8 Å². The smallest absolute Gasteiger partial charge is 0.311 e. The maximum absolute atomic E-state index is 10.9. The highest BCUT2D eigenvalue weighted by atomic mass is 16.6. The summed E-state index contributed by atoms with van der Waals surface area (Å²) in [6.07, 6.45) is 2.48. The summed E-state index contributed by atoms with van der Waals surface area (Å²) in [6.45, 7) is 1.73. The predicted molar refractivity (Wildman–Crippen MR) is 70.7 cm³/mol. The third-order valence-corrected chi connectivity index (χ3v) is 2.81. The fourth-order valence-corrected chi connectivity index (χ4v) is 1.59. The highest BCUT2D eigenvalue weighted by Gasteiger charge is 2.21. The lowest BCUT2D eigenvalue weighted by Gasteiger charge is -2.08. The SMILES string of the molecule is NNc1ccc([N+](=O)[O-])c(NCCOCC2CC2)n1. The van der Waals surface area contributed by atoms with E-state index < -0.39 is 4.92 Å². The molecule has 0 bridgehead atoms. The second-order valence-corrected chi connectivity index (χ2v) is 4.41. The Morgan fingerprint density at radius 2 is 2.32 bits per heavy atom. The fourth-order valence-electron chi connectivity index (χ4n) is 1.59. The van der Waals surface area contributed by atoms with E-state index in [9.17, 15) is 10.1 Å². The zero-order chi connectivity index (χ0) is 13.7. The number of pyridine rings is 1. The van der Waals surface area contributed by atoms with Gasteiger partial charge in [0.25, 0.3) is 0 Å². The molecule has 1 fully saturated rings. The van der Waals surface area contributed by atoms with Crippen LogP contribution in [0, 0.1) is 16.0 Å². The fraction of sp³-hybridized carbons (Fsp3) is 0.545. The maximum Gasteiger partial charge on any atom is 0.311 e. The molecule has 104 valence electrons. The van der Waals surface area contributed by atoms with Gasteiger partial charge in [0.1, 0.15) is 5.82 Å². The van der Waals surface area contributed by atoms with Gasteiger partial charge in [0, 0.05) is 19.2 Å². The predicted octanol–water partition coefficient (Wildman–Crippen LogP) is 1.11. The number of aromatic nitrogens is 1. The van der Waals surface area contributed by atoms with Crippen LogP contribution in [-0.2, 0) is 4.74 Å². The van der Waals surface area contributed by atoms with Crippen LogP contribution in [-0.4, -0.2) is 29.7 Å².